The van der Waals surface area contributed by atoms with Gasteiger partial charge in [0.25, 0.3) is 11.6 Å². The maximum Gasteiger partial charge on any atom is 0.271 e. The second-order valence-electron chi connectivity index (χ2n) is 3.92. The summed E-state index contributed by atoms with van der Waals surface area (Å²) in [6.07, 6.45) is 0. The molecule has 0 fully saturated rings. The van der Waals surface area contributed by atoms with Crippen molar-refractivity contribution >= 4 is 28.6 Å². The molecule has 7 heteroatoms. The van der Waals surface area contributed by atoms with E-state index >= 15 is 0 Å². The molecule has 2 rings (SSSR count). The van der Waals surface area contributed by atoms with E-state index in [1.54, 1.807) is 6.92 Å². The van der Waals surface area contributed by atoms with E-state index in [2.05, 4.69) is 10.5 Å². The van der Waals surface area contributed by atoms with Crippen molar-refractivity contribution in [2.24, 2.45) is 5.10 Å². The Morgan fingerprint density at radius 1 is 1.30 bits per heavy atom. The van der Waals surface area contributed by atoms with Crippen LogP contribution in [0, 0.1) is 10.1 Å². The van der Waals surface area contributed by atoms with Crippen molar-refractivity contribution in [3.05, 3.63) is 62.3 Å². The number of nitrogens with one attached hydrogen (secondary N) is 1. The average molecular weight is 289 g/mol. The number of thiophene rings is 1. The van der Waals surface area contributed by atoms with Gasteiger partial charge < -0.3 is 0 Å². The van der Waals surface area contributed by atoms with Gasteiger partial charge in [0.2, 0.25) is 0 Å². The summed E-state index contributed by atoms with van der Waals surface area (Å²) in [7, 11) is 0. The van der Waals surface area contributed by atoms with E-state index in [4.69, 9.17) is 0 Å². The lowest BCUT2D eigenvalue weighted by molar-refractivity contribution is -0.384. The lowest BCUT2D eigenvalue weighted by atomic mass is 10.2. The second kappa shape index (κ2) is 6.07. The van der Waals surface area contributed by atoms with E-state index in [9.17, 15) is 14.9 Å². The molecule has 2 aromatic rings. The Balaban J connectivity index is 2.05. The maximum absolute atomic E-state index is 11.8. The van der Waals surface area contributed by atoms with Gasteiger partial charge in [-0.15, -0.1) is 11.3 Å². The maximum atomic E-state index is 11.8. The number of carbonyl (C=O) groups excluding carboxylic acids is 1. The van der Waals surface area contributed by atoms with Gasteiger partial charge in [0, 0.05) is 22.6 Å². The lowest BCUT2D eigenvalue weighted by Crippen LogP contribution is -2.19. The van der Waals surface area contributed by atoms with Crippen LogP contribution in [-0.2, 0) is 0 Å². The van der Waals surface area contributed by atoms with Crippen LogP contribution in [0.3, 0.4) is 0 Å². The van der Waals surface area contributed by atoms with Crippen molar-refractivity contribution in [3.63, 3.8) is 0 Å². The smallest absolute Gasteiger partial charge is 0.267 e. The first-order valence-electron chi connectivity index (χ1n) is 5.71. The van der Waals surface area contributed by atoms with Gasteiger partial charge in [0.05, 0.1) is 10.6 Å². The van der Waals surface area contributed by atoms with E-state index in [0.29, 0.717) is 11.3 Å². The molecule has 0 unspecified atom stereocenters. The van der Waals surface area contributed by atoms with E-state index in [1.165, 1.54) is 35.6 Å². The average Bonchev–Trinajstić information content (AvgIpc) is 2.98. The van der Waals surface area contributed by atoms with Crippen LogP contribution in [-0.4, -0.2) is 16.5 Å². The molecular weight excluding hydrogens is 278 g/mol. The molecule has 0 bridgehead atoms. The number of hydrogen-bond donors (Lipinski definition) is 1. The molecule has 0 saturated carbocycles. The lowest BCUT2D eigenvalue weighted by Gasteiger charge is -2.01. The summed E-state index contributed by atoms with van der Waals surface area (Å²) < 4.78 is 0. The number of benzene rings is 1. The zero-order valence-electron chi connectivity index (χ0n) is 10.6. The van der Waals surface area contributed by atoms with Crippen molar-refractivity contribution < 1.29 is 9.72 Å². The topological polar surface area (TPSA) is 84.6 Å². The Morgan fingerprint density at radius 3 is 2.55 bits per heavy atom. The summed E-state index contributed by atoms with van der Waals surface area (Å²) in [5.41, 5.74) is 3.39. The molecule has 0 radical (unpaired) electrons. The van der Waals surface area contributed by atoms with E-state index < -0.39 is 10.8 Å². The molecule has 0 aliphatic rings. The highest BCUT2D eigenvalue weighted by Crippen LogP contribution is 2.12. The second-order valence-corrected chi connectivity index (χ2v) is 4.87. The molecule has 1 heterocycles. The van der Waals surface area contributed by atoms with Gasteiger partial charge in [-0.2, -0.15) is 5.10 Å². The molecule has 0 aliphatic heterocycles. The van der Waals surface area contributed by atoms with Crippen molar-refractivity contribution in [2.45, 2.75) is 6.92 Å². The van der Waals surface area contributed by atoms with Gasteiger partial charge in [-0.1, -0.05) is 6.07 Å². The number of hydrogen-bond acceptors (Lipinski definition) is 5. The van der Waals surface area contributed by atoms with Crippen LogP contribution in [0.5, 0.6) is 0 Å². The van der Waals surface area contributed by atoms with Crippen LogP contribution in [0.2, 0.25) is 0 Å². The normalized spacial score (nSPS) is 11.2. The van der Waals surface area contributed by atoms with Crippen LogP contribution in [0.4, 0.5) is 5.69 Å². The fourth-order valence-corrected chi connectivity index (χ4v) is 2.15. The molecule has 102 valence electrons. The molecule has 0 atom stereocenters. The third-order valence-electron chi connectivity index (χ3n) is 2.54. The fraction of sp³-hybridized carbons (Fsp3) is 0.0769. The van der Waals surface area contributed by atoms with Gasteiger partial charge in [-0.25, -0.2) is 5.43 Å². The number of nitrogens with zero attached hydrogens (tertiary/aromatic N) is 2. The zero-order chi connectivity index (χ0) is 14.5. The molecule has 1 amide bonds. The Labute approximate surface area is 118 Å². The molecule has 0 saturated heterocycles. The first-order chi connectivity index (χ1) is 9.58. The number of nitro groups is 1. The van der Waals surface area contributed by atoms with Crippen molar-refractivity contribution in [1.82, 2.24) is 5.43 Å². The minimum absolute atomic E-state index is 0.0557. The summed E-state index contributed by atoms with van der Waals surface area (Å²) in [5.74, 6) is -0.407. The molecule has 6 nitrogen and oxygen atoms in total. The minimum atomic E-state index is -0.513. The monoisotopic (exact) mass is 289 g/mol. The van der Waals surface area contributed by atoms with Gasteiger partial charge in [0.1, 0.15) is 0 Å². The van der Waals surface area contributed by atoms with Gasteiger partial charge in [-0.3, -0.25) is 14.9 Å². The standard InChI is InChI=1S/C13H11N3O3S/c1-9(12-3-2-8-20-12)14-15-13(17)10-4-6-11(7-5-10)16(18)19/h2-8H,1H3,(H,15,17). The number of carbonyl (C=O) groups is 1. The van der Waals surface area contributed by atoms with Crippen LogP contribution in [0.1, 0.15) is 22.2 Å². The zero-order valence-corrected chi connectivity index (χ0v) is 11.4. The van der Waals surface area contributed by atoms with Crippen LogP contribution in [0.15, 0.2) is 46.9 Å². The van der Waals surface area contributed by atoms with Crippen molar-refractivity contribution in [1.29, 1.82) is 0 Å². The summed E-state index contributed by atoms with van der Waals surface area (Å²) >= 11 is 1.53. The molecule has 20 heavy (non-hydrogen) atoms. The predicted molar refractivity (Wildman–Crippen MR) is 77.1 cm³/mol. The Hall–Kier alpha value is -2.54. The minimum Gasteiger partial charge on any atom is -0.267 e. The van der Waals surface area contributed by atoms with E-state index in [1.807, 2.05) is 17.5 Å². The molecule has 1 aromatic carbocycles. The quantitative estimate of drug-likeness (QED) is 0.533. The summed E-state index contributed by atoms with van der Waals surface area (Å²) in [4.78, 5) is 22.8. The van der Waals surface area contributed by atoms with Gasteiger partial charge in [0.15, 0.2) is 0 Å². The number of amides is 1. The van der Waals surface area contributed by atoms with Crippen LogP contribution in [0.25, 0.3) is 0 Å². The van der Waals surface area contributed by atoms with Gasteiger partial charge >= 0.3 is 0 Å². The van der Waals surface area contributed by atoms with Crippen LogP contribution < -0.4 is 5.43 Å². The molecule has 0 spiro atoms. The molecule has 1 aromatic heterocycles. The Bertz CT molecular complexity index is 648. The summed E-state index contributed by atoms with van der Waals surface area (Å²) in [5, 5.41) is 16.4. The van der Waals surface area contributed by atoms with E-state index in [-0.39, 0.29) is 5.69 Å². The van der Waals surface area contributed by atoms with Crippen molar-refractivity contribution in [3.8, 4) is 0 Å². The third-order valence-corrected chi connectivity index (χ3v) is 3.52. The molecule has 1 N–H and O–H groups in total. The molecule has 0 aliphatic carbocycles. The van der Waals surface area contributed by atoms with Crippen LogP contribution >= 0.6 is 11.3 Å². The first kappa shape index (κ1) is 13.9. The van der Waals surface area contributed by atoms with Gasteiger partial charge in [-0.05, 0) is 30.5 Å². The number of rotatable bonds is 4. The third kappa shape index (κ3) is 3.27. The summed E-state index contributed by atoms with van der Waals surface area (Å²) in [6.45, 7) is 1.79. The number of nitro benzene ring substituents is 1. The Kier molecular flexibility index (Phi) is 4.21. The highest BCUT2D eigenvalue weighted by atomic mass is 32.1. The fourth-order valence-electron chi connectivity index (χ4n) is 1.47. The molecular formula is C13H11N3O3S. The van der Waals surface area contributed by atoms with Crippen molar-refractivity contribution in [2.75, 3.05) is 0 Å². The Morgan fingerprint density at radius 2 is 2.00 bits per heavy atom. The number of hydrazone groups is 1. The predicted octanol–water partition coefficient (Wildman–Crippen LogP) is 2.81. The highest BCUT2D eigenvalue weighted by molar-refractivity contribution is 7.12. The largest absolute Gasteiger partial charge is 0.271 e. The number of non-ortho nitro benzene ring substituents is 1. The summed E-state index contributed by atoms with van der Waals surface area (Å²) in [6, 6.07) is 9.15. The SMILES string of the molecule is CC(=NNC(=O)c1ccc([N+](=O)[O-])cc1)c1cccs1. The first-order valence-corrected chi connectivity index (χ1v) is 6.59. The highest BCUT2D eigenvalue weighted by Gasteiger charge is 2.09. The van der Waals surface area contributed by atoms with E-state index in [0.717, 1.165) is 4.88 Å².